The van der Waals surface area contributed by atoms with Crippen LogP contribution in [0.5, 0.6) is 0 Å². The van der Waals surface area contributed by atoms with Crippen LogP contribution in [0.2, 0.25) is 0 Å². The predicted molar refractivity (Wildman–Crippen MR) is 70.1 cm³/mol. The Hall–Kier alpha value is -1.89. The molecule has 0 bridgehead atoms. The van der Waals surface area contributed by atoms with E-state index in [9.17, 15) is 14.9 Å². The monoisotopic (exact) mass is 265 g/mol. The first-order chi connectivity index (χ1) is 8.58. The highest BCUT2D eigenvalue weighted by Gasteiger charge is 2.17. The van der Waals surface area contributed by atoms with Crippen molar-refractivity contribution >= 4 is 28.5 Å². The lowest BCUT2D eigenvalue weighted by molar-refractivity contribution is -0.385. The standard InChI is InChI=1S/C11H11N3O3S/c1-7-2-3-8(6-9(7)14(16)17)10(15)13-11-12-4-5-18-11/h2-3,6H,4-5H2,1H3,(H,12,13,15). The van der Waals surface area contributed by atoms with E-state index in [-0.39, 0.29) is 17.2 Å². The van der Waals surface area contributed by atoms with E-state index in [2.05, 4.69) is 10.3 Å². The summed E-state index contributed by atoms with van der Waals surface area (Å²) >= 11 is 1.46. The second kappa shape index (κ2) is 5.18. The zero-order chi connectivity index (χ0) is 13.1. The van der Waals surface area contributed by atoms with Crippen molar-refractivity contribution < 1.29 is 9.72 Å². The molecule has 0 radical (unpaired) electrons. The largest absolute Gasteiger partial charge is 0.301 e. The summed E-state index contributed by atoms with van der Waals surface area (Å²) in [5.74, 6) is 0.482. The molecule has 2 rings (SSSR count). The van der Waals surface area contributed by atoms with Crippen LogP contribution in [0, 0.1) is 17.0 Å². The van der Waals surface area contributed by atoms with Crippen LogP contribution in [0.4, 0.5) is 5.69 Å². The summed E-state index contributed by atoms with van der Waals surface area (Å²) in [6, 6.07) is 4.42. The number of rotatable bonds is 2. The maximum Gasteiger partial charge on any atom is 0.273 e. The van der Waals surface area contributed by atoms with Gasteiger partial charge in [0, 0.05) is 22.9 Å². The van der Waals surface area contributed by atoms with Crippen LogP contribution < -0.4 is 5.32 Å². The minimum atomic E-state index is -0.492. The maximum atomic E-state index is 11.9. The molecule has 0 aliphatic carbocycles. The summed E-state index contributed by atoms with van der Waals surface area (Å²) in [6.45, 7) is 2.32. The molecular formula is C11H11N3O3S. The first-order valence-electron chi connectivity index (χ1n) is 5.31. The molecule has 94 valence electrons. The van der Waals surface area contributed by atoms with Crippen LogP contribution in [0.15, 0.2) is 23.2 Å². The Morgan fingerprint density at radius 1 is 1.56 bits per heavy atom. The van der Waals surface area contributed by atoms with Crippen molar-refractivity contribution in [2.45, 2.75) is 6.92 Å². The van der Waals surface area contributed by atoms with Gasteiger partial charge in [0.1, 0.15) is 0 Å². The number of nitro groups is 1. The fourth-order valence-corrected chi connectivity index (χ4v) is 2.25. The second-order valence-corrected chi connectivity index (χ2v) is 4.83. The van der Waals surface area contributed by atoms with Crippen LogP contribution in [-0.2, 0) is 0 Å². The van der Waals surface area contributed by atoms with Gasteiger partial charge in [0.2, 0.25) is 0 Å². The van der Waals surface area contributed by atoms with E-state index in [1.807, 2.05) is 0 Å². The summed E-state index contributed by atoms with van der Waals surface area (Å²) in [5, 5.41) is 14.0. The number of hydrogen-bond donors (Lipinski definition) is 1. The highest BCUT2D eigenvalue weighted by atomic mass is 32.2. The fourth-order valence-electron chi connectivity index (χ4n) is 1.53. The first kappa shape index (κ1) is 12.6. The fraction of sp³-hybridized carbons (Fsp3) is 0.273. The van der Waals surface area contributed by atoms with E-state index < -0.39 is 4.92 Å². The maximum absolute atomic E-state index is 11.9. The van der Waals surface area contributed by atoms with Gasteiger partial charge in [-0.3, -0.25) is 19.9 Å². The summed E-state index contributed by atoms with van der Waals surface area (Å²) in [4.78, 5) is 26.2. The highest BCUT2D eigenvalue weighted by molar-refractivity contribution is 8.14. The molecule has 0 fully saturated rings. The summed E-state index contributed by atoms with van der Waals surface area (Å²) in [6.07, 6.45) is 0. The smallest absolute Gasteiger partial charge is 0.273 e. The Labute approximate surface area is 108 Å². The molecule has 0 unspecified atom stereocenters. The molecule has 0 atom stereocenters. The molecular weight excluding hydrogens is 254 g/mol. The van der Waals surface area contributed by atoms with E-state index >= 15 is 0 Å². The third-order valence-corrected chi connectivity index (χ3v) is 3.37. The van der Waals surface area contributed by atoms with Gasteiger partial charge in [-0.05, 0) is 13.0 Å². The second-order valence-electron chi connectivity index (χ2n) is 3.75. The van der Waals surface area contributed by atoms with E-state index in [1.165, 1.54) is 17.8 Å². The lowest BCUT2D eigenvalue weighted by Crippen LogP contribution is -2.27. The Bertz CT molecular complexity index is 542. The molecule has 7 heteroatoms. The molecule has 6 nitrogen and oxygen atoms in total. The van der Waals surface area contributed by atoms with Gasteiger partial charge in [0.25, 0.3) is 11.6 Å². The predicted octanol–water partition coefficient (Wildman–Crippen LogP) is 1.74. The van der Waals surface area contributed by atoms with E-state index in [0.29, 0.717) is 17.3 Å². The van der Waals surface area contributed by atoms with Crippen LogP contribution in [-0.4, -0.2) is 28.3 Å². The average molecular weight is 265 g/mol. The van der Waals surface area contributed by atoms with Crippen molar-refractivity contribution in [3.05, 3.63) is 39.4 Å². The Morgan fingerprint density at radius 2 is 2.33 bits per heavy atom. The van der Waals surface area contributed by atoms with Crippen molar-refractivity contribution in [2.75, 3.05) is 12.3 Å². The number of nitrogens with zero attached hydrogens (tertiary/aromatic N) is 2. The number of aryl methyl sites for hydroxylation is 1. The third-order valence-electron chi connectivity index (χ3n) is 2.47. The number of hydrogen-bond acceptors (Lipinski definition) is 5. The van der Waals surface area contributed by atoms with Gasteiger partial charge < -0.3 is 5.32 Å². The number of amides is 1. The number of carbonyl (C=O) groups is 1. The van der Waals surface area contributed by atoms with Crippen LogP contribution in [0.25, 0.3) is 0 Å². The topological polar surface area (TPSA) is 84.6 Å². The van der Waals surface area contributed by atoms with E-state index in [4.69, 9.17) is 0 Å². The van der Waals surface area contributed by atoms with Gasteiger partial charge in [0.15, 0.2) is 5.17 Å². The SMILES string of the molecule is Cc1ccc(C(=O)NC2=NCCS2)cc1[N+](=O)[O-]. The molecule has 1 aromatic carbocycles. The number of carbonyl (C=O) groups excluding carboxylic acids is 1. The summed E-state index contributed by atoms with van der Waals surface area (Å²) in [7, 11) is 0. The molecule has 18 heavy (non-hydrogen) atoms. The molecule has 0 saturated carbocycles. The van der Waals surface area contributed by atoms with Gasteiger partial charge >= 0.3 is 0 Å². The summed E-state index contributed by atoms with van der Waals surface area (Å²) in [5.41, 5.74) is 0.746. The number of benzene rings is 1. The lowest BCUT2D eigenvalue weighted by Gasteiger charge is -2.04. The normalized spacial score (nSPS) is 14.2. The quantitative estimate of drug-likeness (QED) is 0.652. The van der Waals surface area contributed by atoms with Gasteiger partial charge in [-0.25, -0.2) is 0 Å². The van der Waals surface area contributed by atoms with Crippen molar-refractivity contribution in [1.82, 2.24) is 5.32 Å². The first-order valence-corrected chi connectivity index (χ1v) is 6.30. The Balaban J connectivity index is 2.20. The molecule has 1 N–H and O–H groups in total. The molecule has 1 heterocycles. The average Bonchev–Trinajstić information content (AvgIpc) is 2.81. The Kier molecular flexibility index (Phi) is 3.61. The molecule has 1 amide bonds. The molecule has 1 aromatic rings. The molecule has 0 saturated heterocycles. The minimum Gasteiger partial charge on any atom is -0.301 e. The van der Waals surface area contributed by atoms with Gasteiger partial charge in [-0.2, -0.15) is 0 Å². The van der Waals surface area contributed by atoms with Crippen LogP contribution >= 0.6 is 11.8 Å². The van der Waals surface area contributed by atoms with Gasteiger partial charge in [-0.15, -0.1) is 0 Å². The lowest BCUT2D eigenvalue weighted by atomic mass is 10.1. The Morgan fingerprint density at radius 3 is 2.94 bits per heavy atom. The van der Waals surface area contributed by atoms with Crippen molar-refractivity contribution in [2.24, 2.45) is 4.99 Å². The zero-order valence-corrected chi connectivity index (χ0v) is 10.5. The van der Waals surface area contributed by atoms with Gasteiger partial charge in [-0.1, -0.05) is 17.8 Å². The van der Waals surface area contributed by atoms with Gasteiger partial charge in [0.05, 0.1) is 11.5 Å². The number of nitro benzene ring substituents is 1. The van der Waals surface area contributed by atoms with Crippen LogP contribution in [0.3, 0.4) is 0 Å². The van der Waals surface area contributed by atoms with E-state index in [0.717, 1.165) is 5.75 Å². The number of thioether (sulfide) groups is 1. The van der Waals surface area contributed by atoms with Crippen molar-refractivity contribution in [3.8, 4) is 0 Å². The van der Waals surface area contributed by atoms with E-state index in [1.54, 1.807) is 19.1 Å². The summed E-state index contributed by atoms with van der Waals surface area (Å²) < 4.78 is 0. The molecule has 1 aliphatic heterocycles. The van der Waals surface area contributed by atoms with Crippen LogP contribution in [0.1, 0.15) is 15.9 Å². The van der Waals surface area contributed by atoms with Crippen molar-refractivity contribution in [3.63, 3.8) is 0 Å². The zero-order valence-electron chi connectivity index (χ0n) is 9.67. The van der Waals surface area contributed by atoms with Crippen molar-refractivity contribution in [1.29, 1.82) is 0 Å². The number of nitrogens with one attached hydrogen (secondary N) is 1. The highest BCUT2D eigenvalue weighted by Crippen LogP contribution is 2.19. The number of amidine groups is 1. The molecule has 1 aliphatic rings. The molecule has 0 aromatic heterocycles. The third kappa shape index (κ3) is 2.67. The number of aliphatic imine (C=N–C) groups is 1. The molecule has 0 spiro atoms. The minimum absolute atomic E-state index is 0.0522.